The minimum Gasteiger partial charge on any atom is -0.422 e. The highest BCUT2D eigenvalue weighted by atomic mass is 16.7. The number of carbonyl (C=O) groups excluding carboxylic acids is 2. The Labute approximate surface area is 83.6 Å². The van der Waals surface area contributed by atoms with Crippen LogP contribution < -0.4 is 0 Å². The van der Waals surface area contributed by atoms with Crippen LogP contribution >= 0.6 is 0 Å². The van der Waals surface area contributed by atoms with E-state index in [9.17, 15) is 9.59 Å². The Bertz CT molecular complexity index is 223. The molecule has 1 aliphatic rings. The highest BCUT2D eigenvalue weighted by molar-refractivity contribution is 5.96. The first-order valence-electron chi connectivity index (χ1n) is 5.04. The lowest BCUT2D eigenvalue weighted by Crippen LogP contribution is -2.49. The average molecular weight is 200 g/mol. The maximum atomic E-state index is 11.4. The predicted molar refractivity (Wildman–Crippen MR) is 49.3 cm³/mol. The topological polar surface area (TPSA) is 52.6 Å². The summed E-state index contributed by atoms with van der Waals surface area (Å²) in [4.78, 5) is 22.9. The van der Waals surface area contributed by atoms with Crippen molar-refractivity contribution >= 4 is 11.9 Å². The first-order chi connectivity index (χ1) is 6.58. The van der Waals surface area contributed by atoms with Gasteiger partial charge in [0.15, 0.2) is 5.92 Å². The highest BCUT2D eigenvalue weighted by Crippen LogP contribution is 2.30. The van der Waals surface area contributed by atoms with Crippen molar-refractivity contribution in [1.29, 1.82) is 0 Å². The van der Waals surface area contributed by atoms with E-state index in [1.54, 1.807) is 6.92 Å². The van der Waals surface area contributed by atoms with E-state index in [0.29, 0.717) is 19.3 Å². The fourth-order valence-electron chi connectivity index (χ4n) is 1.50. The normalized spacial score (nSPS) is 21.6. The van der Waals surface area contributed by atoms with Gasteiger partial charge in [-0.1, -0.05) is 20.8 Å². The van der Waals surface area contributed by atoms with Crippen molar-refractivity contribution in [3.8, 4) is 0 Å². The molecule has 4 heteroatoms. The Balaban J connectivity index is 2.83. The van der Waals surface area contributed by atoms with Crippen LogP contribution in [0, 0.1) is 5.92 Å². The molecule has 0 unspecified atom stereocenters. The summed E-state index contributed by atoms with van der Waals surface area (Å²) in [5, 5.41) is 0. The number of hydrogen-bond donors (Lipinski definition) is 0. The second-order valence-corrected chi connectivity index (χ2v) is 3.42. The summed E-state index contributed by atoms with van der Waals surface area (Å²) < 4.78 is 10.3. The molecule has 0 bridgehead atoms. The van der Waals surface area contributed by atoms with Crippen LogP contribution in [0.2, 0.25) is 0 Å². The van der Waals surface area contributed by atoms with Crippen LogP contribution in [0.25, 0.3) is 0 Å². The van der Waals surface area contributed by atoms with Crippen LogP contribution in [0.3, 0.4) is 0 Å². The lowest BCUT2D eigenvalue weighted by atomic mass is 10.0. The van der Waals surface area contributed by atoms with Crippen molar-refractivity contribution in [3.05, 3.63) is 0 Å². The van der Waals surface area contributed by atoms with E-state index in [1.807, 2.05) is 13.8 Å². The van der Waals surface area contributed by atoms with Gasteiger partial charge in [0.1, 0.15) is 0 Å². The van der Waals surface area contributed by atoms with E-state index in [0.717, 1.165) is 0 Å². The number of hydrogen-bond acceptors (Lipinski definition) is 4. The van der Waals surface area contributed by atoms with Crippen LogP contribution in [-0.4, -0.2) is 17.7 Å². The van der Waals surface area contributed by atoms with E-state index in [1.165, 1.54) is 0 Å². The molecule has 0 saturated carbocycles. The molecule has 0 aromatic heterocycles. The van der Waals surface area contributed by atoms with Crippen LogP contribution in [0.4, 0.5) is 0 Å². The van der Waals surface area contributed by atoms with Gasteiger partial charge in [-0.3, -0.25) is 9.59 Å². The Morgan fingerprint density at radius 2 is 1.50 bits per heavy atom. The third kappa shape index (κ3) is 1.74. The molecule has 1 fully saturated rings. The van der Waals surface area contributed by atoms with Gasteiger partial charge < -0.3 is 9.47 Å². The highest BCUT2D eigenvalue weighted by Gasteiger charge is 2.45. The lowest BCUT2D eigenvalue weighted by Gasteiger charge is -2.36. The van der Waals surface area contributed by atoms with E-state index in [4.69, 9.17) is 9.47 Å². The second kappa shape index (κ2) is 3.98. The Hall–Kier alpha value is -1.06. The first-order valence-corrected chi connectivity index (χ1v) is 5.04. The molecule has 0 aromatic rings. The van der Waals surface area contributed by atoms with Crippen molar-refractivity contribution in [1.82, 2.24) is 0 Å². The summed E-state index contributed by atoms with van der Waals surface area (Å²) in [6.45, 7) is 5.42. The van der Waals surface area contributed by atoms with Crippen LogP contribution in [-0.2, 0) is 19.1 Å². The van der Waals surface area contributed by atoms with Gasteiger partial charge in [0.05, 0.1) is 0 Å². The molecule has 0 amide bonds. The number of rotatable bonds is 3. The quantitative estimate of drug-likeness (QED) is 0.513. The summed E-state index contributed by atoms with van der Waals surface area (Å²) in [5.74, 6) is -2.65. The van der Waals surface area contributed by atoms with Crippen molar-refractivity contribution in [3.63, 3.8) is 0 Å². The first kappa shape index (κ1) is 11.0. The van der Waals surface area contributed by atoms with Crippen molar-refractivity contribution < 1.29 is 19.1 Å². The van der Waals surface area contributed by atoms with E-state index >= 15 is 0 Å². The molecule has 14 heavy (non-hydrogen) atoms. The minimum absolute atomic E-state index is 0.432. The van der Waals surface area contributed by atoms with Gasteiger partial charge in [0.25, 0.3) is 5.79 Å². The van der Waals surface area contributed by atoms with Gasteiger partial charge in [-0.25, -0.2) is 0 Å². The molecule has 0 N–H and O–H groups in total. The summed E-state index contributed by atoms with van der Waals surface area (Å²) in [6, 6.07) is 0. The zero-order chi connectivity index (χ0) is 10.8. The van der Waals surface area contributed by atoms with Gasteiger partial charge in [-0.2, -0.15) is 0 Å². The number of cyclic esters (lactones) is 2. The third-order valence-corrected chi connectivity index (χ3v) is 2.63. The molecule has 1 rings (SSSR count). The molecule has 1 saturated heterocycles. The average Bonchev–Trinajstić information content (AvgIpc) is 2.17. The van der Waals surface area contributed by atoms with E-state index < -0.39 is 23.6 Å². The minimum atomic E-state index is -1.01. The van der Waals surface area contributed by atoms with Crippen molar-refractivity contribution in [2.24, 2.45) is 5.92 Å². The molecule has 1 heterocycles. The largest absolute Gasteiger partial charge is 0.422 e. The smallest absolute Gasteiger partial charge is 0.323 e. The molecule has 0 aromatic carbocycles. The number of carbonyl (C=O) groups is 2. The lowest BCUT2D eigenvalue weighted by molar-refractivity contribution is -0.254. The maximum absolute atomic E-state index is 11.4. The van der Waals surface area contributed by atoms with Gasteiger partial charge in [0.2, 0.25) is 0 Å². The summed E-state index contributed by atoms with van der Waals surface area (Å²) in [5.41, 5.74) is 0. The molecule has 80 valence electrons. The Morgan fingerprint density at radius 3 is 1.79 bits per heavy atom. The monoisotopic (exact) mass is 200 g/mol. The van der Waals surface area contributed by atoms with Crippen molar-refractivity contribution in [2.45, 2.75) is 45.8 Å². The van der Waals surface area contributed by atoms with E-state index in [2.05, 4.69) is 0 Å². The van der Waals surface area contributed by atoms with Crippen LogP contribution in [0.5, 0.6) is 0 Å². The van der Waals surface area contributed by atoms with Crippen LogP contribution in [0.1, 0.15) is 40.0 Å². The molecular weight excluding hydrogens is 184 g/mol. The summed E-state index contributed by atoms with van der Waals surface area (Å²) in [7, 11) is 0. The molecular formula is C10H16O4. The molecule has 0 radical (unpaired) electrons. The fraction of sp³-hybridized carbons (Fsp3) is 0.800. The zero-order valence-corrected chi connectivity index (χ0v) is 8.83. The predicted octanol–water partition coefficient (Wildman–Crippen LogP) is 1.63. The standard InChI is InChI=1S/C10H16O4/c1-4-7-8(11)13-10(5-2,6-3)14-9(7)12/h7H,4-6H2,1-3H3. The third-order valence-electron chi connectivity index (χ3n) is 2.63. The molecule has 0 spiro atoms. The summed E-state index contributed by atoms with van der Waals surface area (Å²) >= 11 is 0. The van der Waals surface area contributed by atoms with E-state index in [-0.39, 0.29) is 0 Å². The second-order valence-electron chi connectivity index (χ2n) is 3.42. The number of ether oxygens (including phenoxy) is 2. The van der Waals surface area contributed by atoms with Crippen LogP contribution in [0.15, 0.2) is 0 Å². The zero-order valence-electron chi connectivity index (χ0n) is 8.83. The molecule has 0 atom stereocenters. The van der Waals surface area contributed by atoms with Gasteiger partial charge in [-0.15, -0.1) is 0 Å². The Kier molecular flexibility index (Phi) is 3.13. The van der Waals surface area contributed by atoms with Gasteiger partial charge in [0, 0.05) is 12.8 Å². The summed E-state index contributed by atoms with van der Waals surface area (Å²) in [6.07, 6.45) is 1.43. The molecule has 4 nitrogen and oxygen atoms in total. The van der Waals surface area contributed by atoms with Crippen molar-refractivity contribution in [2.75, 3.05) is 0 Å². The SMILES string of the molecule is CCC1C(=O)OC(CC)(CC)OC1=O. The van der Waals surface area contributed by atoms with Gasteiger partial charge in [-0.05, 0) is 6.42 Å². The number of esters is 2. The molecule has 1 aliphatic heterocycles. The van der Waals surface area contributed by atoms with Gasteiger partial charge >= 0.3 is 11.9 Å². The Morgan fingerprint density at radius 1 is 1.07 bits per heavy atom. The fourth-order valence-corrected chi connectivity index (χ4v) is 1.50. The molecule has 0 aliphatic carbocycles. The maximum Gasteiger partial charge on any atom is 0.323 e.